The van der Waals surface area contributed by atoms with Crippen molar-refractivity contribution in [2.45, 2.75) is 84.8 Å². The lowest BCUT2D eigenvalue weighted by Crippen LogP contribution is -2.62. The highest BCUT2D eigenvalue weighted by Gasteiger charge is 2.58. The zero-order chi connectivity index (χ0) is 17.7. The molecule has 2 N–H and O–H groups in total. The monoisotopic (exact) mass is 320 g/mol. The Morgan fingerprint density at radius 1 is 1.13 bits per heavy atom. The van der Waals surface area contributed by atoms with Crippen LogP contribution in [0.1, 0.15) is 73.1 Å². The molecule has 23 heavy (non-hydrogen) atoms. The van der Waals surface area contributed by atoms with E-state index in [1.807, 2.05) is 13.8 Å². The summed E-state index contributed by atoms with van der Waals surface area (Å²) < 4.78 is 4.71. The molecule has 5 aliphatic rings. The van der Waals surface area contributed by atoms with Crippen LogP contribution in [0.3, 0.4) is 0 Å². The zero-order valence-electron chi connectivity index (χ0n) is 15.8. The van der Waals surface area contributed by atoms with Crippen LogP contribution in [0, 0.1) is 28.1 Å². The molecule has 0 radical (unpaired) electrons. The molecule has 5 atom stereocenters. The van der Waals surface area contributed by atoms with Gasteiger partial charge in [-0.25, -0.2) is 0 Å². The van der Waals surface area contributed by atoms with Gasteiger partial charge in [-0.15, -0.1) is 0 Å². The van der Waals surface area contributed by atoms with Gasteiger partial charge in [-0.05, 0) is 62.2 Å². The summed E-state index contributed by atoms with van der Waals surface area (Å²) in [6.07, 6.45) is 10.0. The first-order valence-corrected chi connectivity index (χ1v) is 9.13. The summed E-state index contributed by atoms with van der Waals surface area (Å²) in [7, 11) is 0. The van der Waals surface area contributed by atoms with E-state index >= 15 is 0 Å². The van der Waals surface area contributed by atoms with Crippen LogP contribution in [0.15, 0.2) is 12.7 Å². The summed E-state index contributed by atoms with van der Waals surface area (Å²) in [5, 5.41) is 7.51. The van der Waals surface area contributed by atoms with E-state index in [0.29, 0.717) is 16.9 Å². The van der Waals surface area contributed by atoms with E-state index in [0.717, 1.165) is 12.5 Å². The van der Waals surface area contributed by atoms with Gasteiger partial charge in [0.15, 0.2) is 0 Å². The van der Waals surface area contributed by atoms with Crippen molar-refractivity contribution in [3.05, 3.63) is 12.7 Å². The van der Waals surface area contributed by atoms with Gasteiger partial charge in [0.1, 0.15) is 0 Å². The number of nitrogens with two attached hydrogens (primary N) is 1. The SMILES string of the molecule is C=CC#N.CC.CC1CO1.C[C@]12CC3CC(N)(C1)C[C@@](C)(C3)C2. The normalized spacial score (nSPS) is 44.2. The summed E-state index contributed by atoms with van der Waals surface area (Å²) in [5.41, 5.74) is 7.92. The minimum Gasteiger partial charge on any atom is -0.373 e. The zero-order valence-corrected chi connectivity index (χ0v) is 15.8. The Labute approximate surface area is 143 Å². The molecule has 3 unspecified atom stereocenters. The minimum atomic E-state index is 0.225. The number of epoxide rings is 1. The molecule has 1 saturated heterocycles. The fraction of sp³-hybridized carbons (Fsp3) is 0.850. The quantitative estimate of drug-likeness (QED) is 0.514. The number of ether oxygens (including phenoxy) is 1. The molecule has 4 aliphatic carbocycles. The maximum atomic E-state index is 7.51. The number of hydrogen-bond donors (Lipinski definition) is 1. The fourth-order valence-corrected chi connectivity index (χ4v) is 5.63. The second kappa shape index (κ2) is 7.81. The van der Waals surface area contributed by atoms with Gasteiger partial charge in [-0.2, -0.15) is 5.26 Å². The maximum absolute atomic E-state index is 7.51. The van der Waals surface area contributed by atoms with E-state index in [1.54, 1.807) is 6.07 Å². The average molecular weight is 321 g/mol. The first-order valence-electron chi connectivity index (χ1n) is 9.13. The number of nitrogens with zero attached hydrogens (tertiary/aromatic N) is 1. The third-order valence-corrected chi connectivity index (χ3v) is 5.26. The summed E-state index contributed by atoms with van der Waals surface area (Å²) in [6.45, 7) is 15.1. The van der Waals surface area contributed by atoms with Crippen molar-refractivity contribution < 1.29 is 4.74 Å². The Morgan fingerprint density at radius 3 is 1.74 bits per heavy atom. The minimum absolute atomic E-state index is 0.225. The third-order valence-electron chi connectivity index (χ3n) is 5.26. The molecule has 5 rings (SSSR count). The molecule has 0 spiro atoms. The van der Waals surface area contributed by atoms with Crippen LogP contribution >= 0.6 is 0 Å². The Bertz CT molecular complexity index is 385. The lowest BCUT2D eigenvalue weighted by molar-refractivity contribution is -0.104. The molecule has 0 aromatic heterocycles. The van der Waals surface area contributed by atoms with Crippen molar-refractivity contribution in [3.8, 4) is 6.07 Å². The predicted octanol–water partition coefficient (Wildman–Crippen LogP) is 4.82. The van der Waals surface area contributed by atoms with Crippen LogP contribution in [0.5, 0.6) is 0 Å². The molecule has 132 valence electrons. The van der Waals surface area contributed by atoms with Gasteiger partial charge in [0.25, 0.3) is 0 Å². The molecule has 4 bridgehead atoms. The molecule has 4 saturated carbocycles. The Balaban J connectivity index is 0.000000220. The maximum Gasteiger partial charge on any atom is 0.0905 e. The highest BCUT2D eigenvalue weighted by Crippen LogP contribution is 2.65. The van der Waals surface area contributed by atoms with Crippen molar-refractivity contribution in [2.75, 3.05) is 6.61 Å². The number of nitriles is 1. The smallest absolute Gasteiger partial charge is 0.0905 e. The standard InChI is InChI=1S/C12H21N.C3H3N.C3H6O.C2H6/c1-10-3-9-4-11(2,6-10)8-12(13,5-9)7-10;1-2-3-4;1-3-2-4-3;1-2/h9H,3-8,13H2,1-2H3;2H,1H2;3H,2H2,1H3;1-2H3/t9?,10-,11+,12?;;;. The highest BCUT2D eigenvalue weighted by atomic mass is 16.6. The largest absolute Gasteiger partial charge is 0.373 e. The van der Waals surface area contributed by atoms with E-state index in [9.17, 15) is 0 Å². The first-order chi connectivity index (χ1) is 10.7. The molecule has 5 fully saturated rings. The molecule has 0 aromatic rings. The van der Waals surface area contributed by atoms with E-state index < -0.39 is 0 Å². The number of rotatable bonds is 0. The van der Waals surface area contributed by atoms with Crippen LogP contribution in [0.2, 0.25) is 0 Å². The van der Waals surface area contributed by atoms with Crippen molar-refractivity contribution in [3.63, 3.8) is 0 Å². The van der Waals surface area contributed by atoms with Crippen molar-refractivity contribution in [2.24, 2.45) is 22.5 Å². The van der Waals surface area contributed by atoms with Gasteiger partial charge in [0.05, 0.1) is 18.8 Å². The predicted molar refractivity (Wildman–Crippen MR) is 96.9 cm³/mol. The average Bonchev–Trinajstić information content (AvgIpc) is 3.19. The van der Waals surface area contributed by atoms with Gasteiger partial charge in [0.2, 0.25) is 0 Å². The van der Waals surface area contributed by atoms with Gasteiger partial charge in [0, 0.05) is 11.6 Å². The lowest BCUT2D eigenvalue weighted by atomic mass is 9.43. The van der Waals surface area contributed by atoms with Crippen molar-refractivity contribution in [1.82, 2.24) is 0 Å². The molecule has 3 heteroatoms. The van der Waals surface area contributed by atoms with Gasteiger partial charge >= 0.3 is 0 Å². The molecule has 1 heterocycles. The van der Waals surface area contributed by atoms with E-state index in [2.05, 4.69) is 27.4 Å². The van der Waals surface area contributed by atoms with Gasteiger partial charge in [-0.3, -0.25) is 0 Å². The van der Waals surface area contributed by atoms with Gasteiger partial charge < -0.3 is 10.5 Å². The van der Waals surface area contributed by atoms with Gasteiger partial charge in [-0.1, -0.05) is 34.3 Å². The highest BCUT2D eigenvalue weighted by molar-refractivity contribution is 5.12. The van der Waals surface area contributed by atoms with Crippen LogP contribution in [-0.2, 0) is 4.74 Å². The summed E-state index contributed by atoms with van der Waals surface area (Å²) >= 11 is 0. The number of allylic oxidation sites excluding steroid dienone is 1. The van der Waals surface area contributed by atoms with Crippen LogP contribution in [0.4, 0.5) is 0 Å². The summed E-state index contributed by atoms with van der Waals surface area (Å²) in [6, 6.07) is 1.69. The Morgan fingerprint density at radius 2 is 1.52 bits per heavy atom. The molecule has 0 aromatic carbocycles. The molecule has 1 aliphatic heterocycles. The van der Waals surface area contributed by atoms with Crippen LogP contribution in [-0.4, -0.2) is 18.2 Å². The fourth-order valence-electron chi connectivity index (χ4n) is 5.63. The molecular formula is C20H36N2O. The molecule has 3 nitrogen and oxygen atoms in total. The van der Waals surface area contributed by atoms with E-state index in [1.165, 1.54) is 44.6 Å². The Hall–Kier alpha value is -0.850. The summed E-state index contributed by atoms with van der Waals surface area (Å²) in [5.74, 6) is 0.955. The topological polar surface area (TPSA) is 62.3 Å². The van der Waals surface area contributed by atoms with Crippen LogP contribution in [0.25, 0.3) is 0 Å². The van der Waals surface area contributed by atoms with Crippen molar-refractivity contribution in [1.29, 1.82) is 5.26 Å². The first kappa shape index (κ1) is 20.2. The summed E-state index contributed by atoms with van der Waals surface area (Å²) in [4.78, 5) is 0. The molecular weight excluding hydrogens is 284 g/mol. The second-order valence-corrected chi connectivity index (χ2v) is 8.47. The van der Waals surface area contributed by atoms with E-state index in [4.69, 9.17) is 15.7 Å². The number of hydrogen-bond acceptors (Lipinski definition) is 3. The van der Waals surface area contributed by atoms with Crippen molar-refractivity contribution >= 4 is 0 Å². The lowest BCUT2D eigenvalue weighted by Gasteiger charge is -2.64. The van der Waals surface area contributed by atoms with Crippen LogP contribution < -0.4 is 5.73 Å². The molecule has 0 amide bonds. The third kappa shape index (κ3) is 5.94. The Kier molecular flexibility index (Phi) is 6.86. The second-order valence-electron chi connectivity index (χ2n) is 8.47. The van der Waals surface area contributed by atoms with E-state index in [-0.39, 0.29) is 5.54 Å².